The third-order valence-corrected chi connectivity index (χ3v) is 2.93. The van der Waals surface area contributed by atoms with Gasteiger partial charge in [-0.15, -0.1) is 0 Å². The Balaban J connectivity index is 2.44. The van der Waals surface area contributed by atoms with Gasteiger partial charge in [0.05, 0.1) is 5.52 Å². The van der Waals surface area contributed by atoms with Crippen LogP contribution in [0.25, 0.3) is 10.9 Å². The number of nitrogens with zero attached hydrogens (tertiary/aromatic N) is 2. The maximum atomic E-state index is 9.18. The van der Waals surface area contributed by atoms with Crippen LogP contribution in [0.5, 0.6) is 0 Å². The maximum Gasteiger partial charge on any atom is 0.125 e. The normalized spacial score (nSPS) is 14.3. The maximum absolute atomic E-state index is 9.18. The molecule has 2 heterocycles. The lowest BCUT2D eigenvalue weighted by Crippen LogP contribution is -2.16. The molecule has 3 nitrogen and oxygen atoms in total. The van der Waals surface area contributed by atoms with Gasteiger partial charge < -0.3 is 9.88 Å². The Morgan fingerprint density at radius 2 is 2.20 bits per heavy atom. The predicted molar refractivity (Wildman–Crippen MR) is 59.8 cm³/mol. The van der Waals surface area contributed by atoms with Crippen molar-refractivity contribution in [2.75, 3.05) is 11.9 Å². The average Bonchev–Trinajstić information content (AvgIpc) is 2.63. The van der Waals surface area contributed by atoms with Gasteiger partial charge in [0.15, 0.2) is 0 Å². The Kier molecular flexibility index (Phi) is 1.69. The molecule has 0 saturated carbocycles. The van der Waals surface area contributed by atoms with Gasteiger partial charge in [-0.3, -0.25) is 0 Å². The first-order valence-corrected chi connectivity index (χ1v) is 5.17. The third kappa shape index (κ3) is 1.05. The largest absolute Gasteiger partial charge is 0.370 e. The van der Waals surface area contributed by atoms with Crippen LogP contribution in [0.4, 0.5) is 5.82 Å². The molecule has 1 aliphatic rings. The van der Waals surface area contributed by atoms with E-state index in [1.54, 1.807) is 0 Å². The van der Waals surface area contributed by atoms with Crippen molar-refractivity contribution in [3.63, 3.8) is 0 Å². The number of hydrogen-bond donors (Lipinski definition) is 1. The highest BCUT2D eigenvalue weighted by Gasteiger charge is 2.18. The van der Waals surface area contributed by atoms with Crippen LogP contribution in [-0.2, 0) is 6.54 Å². The molecule has 1 aromatic carbocycles. The highest BCUT2D eigenvalue weighted by Crippen LogP contribution is 2.31. The number of benzene rings is 1. The fourth-order valence-electron chi connectivity index (χ4n) is 2.28. The zero-order chi connectivity index (χ0) is 10.3. The molecule has 0 radical (unpaired) electrons. The second-order valence-corrected chi connectivity index (χ2v) is 3.78. The molecule has 0 bridgehead atoms. The molecule has 74 valence electrons. The first kappa shape index (κ1) is 8.37. The van der Waals surface area contributed by atoms with E-state index in [0.717, 1.165) is 41.8 Å². The van der Waals surface area contributed by atoms with E-state index in [0.29, 0.717) is 0 Å². The Morgan fingerprint density at radius 3 is 3.07 bits per heavy atom. The fourth-order valence-corrected chi connectivity index (χ4v) is 2.28. The number of anilines is 1. The molecule has 1 aromatic heterocycles. The minimum atomic E-state index is 0.783. The summed E-state index contributed by atoms with van der Waals surface area (Å²) in [6.45, 7) is 1.97. The van der Waals surface area contributed by atoms with Gasteiger partial charge >= 0.3 is 0 Å². The number of aryl methyl sites for hydroxylation is 1. The molecular weight excluding hydrogens is 186 g/mol. The number of rotatable bonds is 0. The zero-order valence-corrected chi connectivity index (χ0v) is 8.33. The van der Waals surface area contributed by atoms with E-state index in [-0.39, 0.29) is 0 Å². The number of nitriles is 1. The molecule has 0 fully saturated rings. The quantitative estimate of drug-likeness (QED) is 0.704. The molecule has 0 atom stereocenters. The molecule has 1 N–H and O–H groups in total. The lowest BCUT2D eigenvalue weighted by atomic mass is 10.2. The number of para-hydroxylation sites is 1. The van der Waals surface area contributed by atoms with Crippen molar-refractivity contribution >= 4 is 16.7 Å². The lowest BCUT2D eigenvalue weighted by Gasteiger charge is -2.17. The van der Waals surface area contributed by atoms with E-state index in [9.17, 15) is 5.26 Å². The molecule has 3 rings (SSSR count). The number of aromatic nitrogens is 1. The summed E-state index contributed by atoms with van der Waals surface area (Å²) in [5.74, 6) is 0.991. The number of nitrogens with one attached hydrogen (secondary N) is 1. The average molecular weight is 197 g/mol. The SMILES string of the molecule is N#Cc1c2n(c3ccccc13)CCCN2. The molecular formula is C12H11N3. The van der Waals surface area contributed by atoms with E-state index in [1.807, 2.05) is 18.2 Å². The Hall–Kier alpha value is -1.95. The van der Waals surface area contributed by atoms with Crippen LogP contribution in [0.3, 0.4) is 0 Å². The van der Waals surface area contributed by atoms with Crippen molar-refractivity contribution in [1.29, 1.82) is 5.26 Å². The highest BCUT2D eigenvalue weighted by molar-refractivity contribution is 5.92. The highest BCUT2D eigenvalue weighted by atomic mass is 15.1. The Morgan fingerprint density at radius 1 is 1.33 bits per heavy atom. The molecule has 3 heteroatoms. The standard InChI is InChI=1S/C12H11N3/c13-8-10-9-4-1-2-5-11(9)15-7-3-6-14-12(10)15/h1-2,4-5,14H,3,6-7H2. The summed E-state index contributed by atoms with van der Waals surface area (Å²) < 4.78 is 2.21. The van der Waals surface area contributed by atoms with Gasteiger partial charge in [-0.25, -0.2) is 0 Å². The molecule has 15 heavy (non-hydrogen) atoms. The van der Waals surface area contributed by atoms with Gasteiger partial charge in [0.1, 0.15) is 17.5 Å². The second-order valence-electron chi connectivity index (χ2n) is 3.78. The molecule has 1 aliphatic heterocycles. The van der Waals surface area contributed by atoms with Crippen LogP contribution in [0.15, 0.2) is 24.3 Å². The fraction of sp³-hybridized carbons (Fsp3) is 0.250. The van der Waals surface area contributed by atoms with Crippen molar-refractivity contribution in [2.45, 2.75) is 13.0 Å². The van der Waals surface area contributed by atoms with Gasteiger partial charge in [-0.05, 0) is 12.5 Å². The second kappa shape index (κ2) is 3.03. The van der Waals surface area contributed by atoms with Gasteiger partial charge in [0, 0.05) is 18.5 Å². The van der Waals surface area contributed by atoms with Gasteiger partial charge in [0.2, 0.25) is 0 Å². The van der Waals surface area contributed by atoms with Crippen LogP contribution in [-0.4, -0.2) is 11.1 Å². The summed E-state index contributed by atoms with van der Waals surface area (Å²) in [5, 5.41) is 13.5. The summed E-state index contributed by atoms with van der Waals surface area (Å²) >= 11 is 0. The molecule has 0 spiro atoms. The van der Waals surface area contributed by atoms with Crippen molar-refractivity contribution in [3.8, 4) is 6.07 Å². The van der Waals surface area contributed by atoms with Crippen LogP contribution < -0.4 is 5.32 Å². The van der Waals surface area contributed by atoms with Gasteiger partial charge in [0.25, 0.3) is 0 Å². The summed E-state index contributed by atoms with van der Waals surface area (Å²) in [6, 6.07) is 10.4. The van der Waals surface area contributed by atoms with E-state index in [1.165, 1.54) is 0 Å². The van der Waals surface area contributed by atoms with Gasteiger partial charge in [-0.1, -0.05) is 18.2 Å². The predicted octanol–water partition coefficient (Wildman–Crippen LogP) is 2.33. The Labute approximate surface area is 87.9 Å². The minimum absolute atomic E-state index is 0.783. The summed E-state index contributed by atoms with van der Waals surface area (Å²) in [5.41, 5.74) is 1.95. The van der Waals surface area contributed by atoms with Crippen LogP contribution in [0, 0.1) is 11.3 Å². The third-order valence-electron chi connectivity index (χ3n) is 2.93. The summed E-state index contributed by atoms with van der Waals surface area (Å²) in [6.07, 6.45) is 1.12. The molecule has 0 aliphatic carbocycles. The number of hydrogen-bond acceptors (Lipinski definition) is 2. The van der Waals surface area contributed by atoms with E-state index < -0.39 is 0 Å². The molecule has 2 aromatic rings. The zero-order valence-electron chi connectivity index (χ0n) is 8.33. The minimum Gasteiger partial charge on any atom is -0.370 e. The van der Waals surface area contributed by atoms with Crippen molar-refractivity contribution in [1.82, 2.24) is 4.57 Å². The van der Waals surface area contributed by atoms with E-state index in [4.69, 9.17) is 0 Å². The van der Waals surface area contributed by atoms with Gasteiger partial charge in [-0.2, -0.15) is 5.26 Å². The van der Waals surface area contributed by atoms with E-state index >= 15 is 0 Å². The van der Waals surface area contributed by atoms with Crippen LogP contribution in [0.2, 0.25) is 0 Å². The van der Waals surface area contributed by atoms with Crippen LogP contribution >= 0.6 is 0 Å². The number of fused-ring (bicyclic) bond motifs is 3. The topological polar surface area (TPSA) is 40.8 Å². The van der Waals surface area contributed by atoms with Crippen molar-refractivity contribution < 1.29 is 0 Å². The van der Waals surface area contributed by atoms with Crippen LogP contribution in [0.1, 0.15) is 12.0 Å². The Bertz CT molecular complexity index is 560. The smallest absolute Gasteiger partial charge is 0.125 e. The lowest BCUT2D eigenvalue weighted by molar-refractivity contribution is 0.649. The summed E-state index contributed by atoms with van der Waals surface area (Å²) in [4.78, 5) is 0. The summed E-state index contributed by atoms with van der Waals surface area (Å²) in [7, 11) is 0. The molecule has 0 unspecified atom stereocenters. The molecule has 0 amide bonds. The van der Waals surface area contributed by atoms with Crippen molar-refractivity contribution in [3.05, 3.63) is 29.8 Å². The first-order chi connectivity index (χ1) is 7.42. The monoisotopic (exact) mass is 197 g/mol. The molecule has 0 saturated heterocycles. The first-order valence-electron chi connectivity index (χ1n) is 5.17. The van der Waals surface area contributed by atoms with Crippen molar-refractivity contribution in [2.24, 2.45) is 0 Å². The van der Waals surface area contributed by atoms with E-state index in [2.05, 4.69) is 22.0 Å².